The van der Waals surface area contributed by atoms with Crippen LogP contribution in [-0.4, -0.2) is 13.2 Å². The molecule has 2 aromatic rings. The van der Waals surface area contributed by atoms with Crippen molar-refractivity contribution >= 4 is 0 Å². The van der Waals surface area contributed by atoms with Crippen LogP contribution in [0.4, 0.5) is 13.2 Å². The molecule has 2 aliphatic carbocycles. The average Bonchev–Trinajstić information content (AvgIpc) is 2.89. The van der Waals surface area contributed by atoms with E-state index >= 15 is 8.78 Å². The van der Waals surface area contributed by atoms with Crippen LogP contribution in [-0.2, 0) is 0 Å². The van der Waals surface area contributed by atoms with Crippen LogP contribution >= 0.6 is 0 Å². The molecule has 0 N–H and O–H groups in total. The van der Waals surface area contributed by atoms with Gasteiger partial charge in [0.15, 0.2) is 23.2 Å². The van der Waals surface area contributed by atoms with E-state index in [1.807, 2.05) is 12.1 Å². The van der Waals surface area contributed by atoms with Gasteiger partial charge in [0.2, 0.25) is 0 Å². The van der Waals surface area contributed by atoms with E-state index in [1.54, 1.807) is 12.1 Å². The molecule has 0 amide bonds. The molecule has 0 bridgehead atoms. The molecule has 0 heterocycles. The smallest absolute Gasteiger partial charge is 0.168 e. The molecule has 0 spiro atoms. The summed E-state index contributed by atoms with van der Waals surface area (Å²) >= 11 is 0. The van der Waals surface area contributed by atoms with Gasteiger partial charge in [-0.15, -0.1) is 0 Å². The Balaban J connectivity index is 1.26. The van der Waals surface area contributed by atoms with Crippen LogP contribution in [0.25, 0.3) is 0 Å². The molecule has 0 aliphatic heterocycles. The Morgan fingerprint density at radius 1 is 0.750 bits per heavy atom. The fraction of sp³-hybridized carbons (Fsp3) is 0.613. The van der Waals surface area contributed by atoms with E-state index in [2.05, 4.69) is 13.8 Å². The largest absolute Gasteiger partial charge is 0.493 e. The van der Waals surface area contributed by atoms with Gasteiger partial charge in [-0.2, -0.15) is 0 Å². The molecule has 0 unspecified atom stereocenters. The maximum Gasteiger partial charge on any atom is 0.168 e. The summed E-state index contributed by atoms with van der Waals surface area (Å²) in [4.78, 5) is 0. The zero-order chi connectivity index (χ0) is 25.5. The highest BCUT2D eigenvalue weighted by Crippen LogP contribution is 2.41. The summed E-state index contributed by atoms with van der Waals surface area (Å²) < 4.78 is 55.8. The zero-order valence-corrected chi connectivity index (χ0v) is 21.8. The minimum absolute atomic E-state index is 0.0396. The van der Waals surface area contributed by atoms with Crippen LogP contribution < -0.4 is 9.47 Å². The first-order valence-corrected chi connectivity index (χ1v) is 14.0. The summed E-state index contributed by atoms with van der Waals surface area (Å²) in [5, 5.41) is 0. The molecular formula is C31H41F3O2. The van der Waals surface area contributed by atoms with Crippen molar-refractivity contribution in [2.24, 2.45) is 11.8 Å². The number of benzene rings is 2. The molecule has 0 atom stereocenters. The van der Waals surface area contributed by atoms with E-state index in [0.29, 0.717) is 41.9 Å². The maximum absolute atomic E-state index is 15.1. The number of halogens is 3. The Labute approximate surface area is 214 Å². The molecule has 2 nitrogen and oxygen atoms in total. The zero-order valence-electron chi connectivity index (χ0n) is 21.8. The molecule has 0 radical (unpaired) electrons. The van der Waals surface area contributed by atoms with Crippen molar-refractivity contribution in [3.05, 3.63) is 58.9 Å². The first-order chi connectivity index (χ1) is 17.5. The van der Waals surface area contributed by atoms with Crippen LogP contribution in [0.2, 0.25) is 0 Å². The number of rotatable bonds is 10. The second kappa shape index (κ2) is 12.9. The third-order valence-electron chi connectivity index (χ3n) is 8.28. The maximum atomic E-state index is 15.1. The van der Waals surface area contributed by atoms with Crippen molar-refractivity contribution in [1.82, 2.24) is 0 Å². The van der Waals surface area contributed by atoms with Gasteiger partial charge in [0, 0.05) is 6.07 Å². The number of unbranched alkanes of at least 4 members (excludes halogenated alkanes) is 2. The minimum Gasteiger partial charge on any atom is -0.493 e. The monoisotopic (exact) mass is 502 g/mol. The van der Waals surface area contributed by atoms with E-state index < -0.39 is 17.5 Å². The van der Waals surface area contributed by atoms with Crippen molar-refractivity contribution in [1.29, 1.82) is 0 Å². The highest BCUT2D eigenvalue weighted by atomic mass is 19.2. The average molecular weight is 503 g/mol. The van der Waals surface area contributed by atoms with Crippen molar-refractivity contribution in [2.75, 3.05) is 13.2 Å². The molecule has 5 heteroatoms. The lowest BCUT2D eigenvalue weighted by atomic mass is 9.76. The van der Waals surface area contributed by atoms with Crippen LogP contribution in [0.1, 0.15) is 107 Å². The first-order valence-electron chi connectivity index (χ1n) is 14.0. The molecule has 2 aliphatic rings. The normalized spacial score (nSPS) is 24.5. The molecule has 4 rings (SSSR count). The van der Waals surface area contributed by atoms with Gasteiger partial charge in [0.05, 0.1) is 13.2 Å². The quantitative estimate of drug-likeness (QED) is 0.301. The molecule has 2 saturated carbocycles. The second-order valence-electron chi connectivity index (χ2n) is 11.0. The lowest BCUT2D eigenvalue weighted by molar-refractivity contribution is 0.198. The summed E-state index contributed by atoms with van der Waals surface area (Å²) in [5.41, 5.74) is 1.09. The molecule has 2 fully saturated rings. The summed E-state index contributed by atoms with van der Waals surface area (Å²) in [6.45, 7) is 5.36. The third-order valence-corrected chi connectivity index (χ3v) is 8.28. The molecule has 198 valence electrons. The highest BCUT2D eigenvalue weighted by molar-refractivity contribution is 5.33. The fourth-order valence-electron chi connectivity index (χ4n) is 5.86. The van der Waals surface area contributed by atoms with Crippen molar-refractivity contribution in [3.8, 4) is 11.5 Å². The van der Waals surface area contributed by atoms with Gasteiger partial charge in [-0.3, -0.25) is 0 Å². The molecular weight excluding hydrogens is 461 g/mol. The summed E-state index contributed by atoms with van der Waals surface area (Å²) in [6.07, 6.45) is 10.5. The Kier molecular flexibility index (Phi) is 9.61. The third kappa shape index (κ3) is 6.77. The minimum atomic E-state index is -0.640. The summed E-state index contributed by atoms with van der Waals surface area (Å²) in [6, 6.07) is 8.43. The SMILES string of the molecule is CCCCCOc1ccc(OCC2CCC(c3ccc(C4CCC(C)CC4)c(F)c3F)CC2)cc1F. The fourth-order valence-corrected chi connectivity index (χ4v) is 5.86. The highest BCUT2D eigenvalue weighted by Gasteiger charge is 2.29. The van der Waals surface area contributed by atoms with Gasteiger partial charge in [0.1, 0.15) is 5.75 Å². The van der Waals surface area contributed by atoms with Crippen LogP contribution in [0, 0.1) is 29.3 Å². The van der Waals surface area contributed by atoms with Gasteiger partial charge in [0.25, 0.3) is 0 Å². The van der Waals surface area contributed by atoms with E-state index in [-0.39, 0.29) is 17.6 Å². The van der Waals surface area contributed by atoms with Crippen LogP contribution in [0.3, 0.4) is 0 Å². The predicted octanol–water partition coefficient (Wildman–Crippen LogP) is 9.32. The van der Waals surface area contributed by atoms with Gasteiger partial charge in [-0.05, 0) is 91.9 Å². The Morgan fingerprint density at radius 3 is 1.94 bits per heavy atom. The van der Waals surface area contributed by atoms with Crippen molar-refractivity contribution in [2.45, 2.75) is 96.3 Å². The van der Waals surface area contributed by atoms with Crippen molar-refractivity contribution in [3.63, 3.8) is 0 Å². The van der Waals surface area contributed by atoms with E-state index in [9.17, 15) is 4.39 Å². The van der Waals surface area contributed by atoms with Crippen molar-refractivity contribution < 1.29 is 22.6 Å². The van der Waals surface area contributed by atoms with Crippen LogP contribution in [0.5, 0.6) is 11.5 Å². The Bertz CT molecular complexity index is 976. The van der Waals surface area contributed by atoms with Gasteiger partial charge in [-0.1, -0.05) is 51.7 Å². The second-order valence-corrected chi connectivity index (χ2v) is 11.0. The van der Waals surface area contributed by atoms with E-state index in [4.69, 9.17) is 9.47 Å². The Morgan fingerprint density at radius 2 is 1.36 bits per heavy atom. The molecule has 0 aromatic heterocycles. The Hall–Kier alpha value is -2.17. The molecule has 36 heavy (non-hydrogen) atoms. The summed E-state index contributed by atoms with van der Waals surface area (Å²) in [7, 11) is 0. The van der Waals surface area contributed by atoms with E-state index in [0.717, 1.165) is 70.6 Å². The van der Waals surface area contributed by atoms with Crippen LogP contribution in [0.15, 0.2) is 30.3 Å². The summed E-state index contributed by atoms with van der Waals surface area (Å²) in [5.74, 6) is 0.272. The molecule has 0 saturated heterocycles. The first kappa shape index (κ1) is 26.9. The lowest BCUT2D eigenvalue weighted by Crippen LogP contribution is -2.20. The molecule has 2 aromatic carbocycles. The van der Waals surface area contributed by atoms with Gasteiger partial charge in [-0.25, -0.2) is 13.2 Å². The standard InChI is InChI=1S/C31H41F3O2/c1-3-4-5-18-35-29-17-14-25(19-28(29)32)36-20-22-8-12-24(13-9-22)27-16-15-26(30(33)31(27)34)23-10-6-21(2)7-11-23/h14-17,19,21-24H,3-13,18,20H2,1-2H3. The van der Waals surface area contributed by atoms with Gasteiger partial charge >= 0.3 is 0 Å². The lowest BCUT2D eigenvalue weighted by Gasteiger charge is -2.30. The van der Waals surface area contributed by atoms with Gasteiger partial charge < -0.3 is 9.47 Å². The number of hydrogen-bond donors (Lipinski definition) is 0. The number of ether oxygens (including phenoxy) is 2. The van der Waals surface area contributed by atoms with E-state index in [1.165, 1.54) is 6.07 Å². The number of hydrogen-bond acceptors (Lipinski definition) is 2. The predicted molar refractivity (Wildman–Crippen MR) is 138 cm³/mol. The topological polar surface area (TPSA) is 18.5 Å².